The van der Waals surface area contributed by atoms with Crippen molar-refractivity contribution in [3.8, 4) is 0 Å². The zero-order valence-corrected chi connectivity index (χ0v) is 18.6. The summed E-state index contributed by atoms with van der Waals surface area (Å²) in [6, 6.07) is 20.4. The molecule has 2 atom stereocenters. The third kappa shape index (κ3) is 2.19. The van der Waals surface area contributed by atoms with Gasteiger partial charge in [0.2, 0.25) is 11.8 Å². The quantitative estimate of drug-likeness (QED) is 0.291. The van der Waals surface area contributed by atoms with E-state index in [2.05, 4.69) is 15.9 Å². The number of anilines is 1. The molecule has 3 aromatic carbocycles. The number of imide groups is 1. The fraction of sp³-hybridized carbons (Fsp3) is 0.200. The Morgan fingerprint density at radius 3 is 2.12 bits per heavy atom. The Labute approximate surface area is 192 Å². The Balaban J connectivity index is 1.61. The first-order valence-corrected chi connectivity index (χ1v) is 11.2. The van der Waals surface area contributed by atoms with Crippen molar-refractivity contribution in [3.63, 3.8) is 0 Å². The van der Waals surface area contributed by atoms with Crippen molar-refractivity contribution in [2.75, 3.05) is 4.90 Å². The molecule has 4 aliphatic rings. The second kappa shape index (κ2) is 6.36. The monoisotopic (exact) mass is 488 g/mol. The van der Waals surface area contributed by atoms with Crippen LogP contribution in [0.3, 0.4) is 0 Å². The zero-order valence-electron chi connectivity index (χ0n) is 17.0. The number of benzene rings is 3. The maximum Gasteiger partial charge on any atom is 0.294 e. The molecule has 32 heavy (non-hydrogen) atoms. The summed E-state index contributed by atoms with van der Waals surface area (Å²) in [5.41, 5.74) is 3.28. The number of rotatable bonds is 2. The Morgan fingerprint density at radius 2 is 1.53 bits per heavy atom. The number of hydrogen-bond acceptors (Lipinski definition) is 4. The van der Waals surface area contributed by atoms with Gasteiger partial charge in [-0.15, -0.1) is 0 Å². The molecular weight excluding hydrogens is 472 g/mol. The van der Waals surface area contributed by atoms with Crippen molar-refractivity contribution in [2.45, 2.75) is 18.3 Å². The molecule has 0 aromatic heterocycles. The van der Waals surface area contributed by atoms with E-state index >= 15 is 0 Å². The van der Waals surface area contributed by atoms with Crippen LogP contribution >= 0.6 is 15.9 Å². The van der Waals surface area contributed by atoms with Crippen molar-refractivity contribution in [2.24, 2.45) is 11.8 Å². The average Bonchev–Trinajstić information content (AvgIpc) is 3.06. The van der Waals surface area contributed by atoms with Crippen LogP contribution in [0, 0.1) is 22.0 Å². The lowest BCUT2D eigenvalue weighted by Crippen LogP contribution is -2.51. The standard InChI is InChI=1S/C25H17BrN2O4/c1-25-16-8-4-2-6-14(16)20(15-7-3-5-9-17(15)25)21-22(25)24(30)27(23(21)29)18-11-10-13(26)12-19(18)28(31)32/h2-12,20-22H,1H3/t20?,21-,22+,25?/m1/s1. The maximum absolute atomic E-state index is 13.9. The first-order valence-electron chi connectivity index (χ1n) is 10.4. The predicted molar refractivity (Wildman–Crippen MR) is 121 cm³/mol. The van der Waals surface area contributed by atoms with Gasteiger partial charge in [0.05, 0.1) is 16.8 Å². The highest BCUT2D eigenvalue weighted by Gasteiger charge is 2.66. The summed E-state index contributed by atoms with van der Waals surface area (Å²) < 4.78 is 0.510. The van der Waals surface area contributed by atoms with Gasteiger partial charge in [-0.2, -0.15) is 0 Å². The summed E-state index contributed by atoms with van der Waals surface area (Å²) in [5.74, 6) is -2.22. The van der Waals surface area contributed by atoms with Crippen LogP contribution < -0.4 is 4.90 Å². The molecule has 3 aliphatic carbocycles. The minimum atomic E-state index is -0.696. The third-order valence-electron chi connectivity index (χ3n) is 7.42. The predicted octanol–water partition coefficient (Wildman–Crippen LogP) is 4.93. The van der Waals surface area contributed by atoms with Gasteiger partial charge in [-0.1, -0.05) is 71.4 Å². The van der Waals surface area contributed by atoms with E-state index in [1.54, 1.807) is 6.07 Å². The van der Waals surface area contributed by atoms with Crippen molar-refractivity contribution < 1.29 is 14.5 Å². The second-order valence-corrected chi connectivity index (χ2v) is 9.68. The van der Waals surface area contributed by atoms with E-state index in [4.69, 9.17) is 0 Å². The Kier molecular flexibility index (Phi) is 3.85. The molecule has 1 fully saturated rings. The molecule has 0 N–H and O–H groups in total. The lowest BCUT2D eigenvalue weighted by atomic mass is 9.48. The summed E-state index contributed by atoms with van der Waals surface area (Å²) in [6.07, 6.45) is 0. The van der Waals surface area contributed by atoms with Crippen molar-refractivity contribution >= 4 is 39.1 Å². The van der Waals surface area contributed by atoms with Crippen molar-refractivity contribution in [3.05, 3.63) is 104 Å². The summed E-state index contributed by atoms with van der Waals surface area (Å²) in [6.45, 7) is 2.03. The first-order chi connectivity index (χ1) is 15.4. The summed E-state index contributed by atoms with van der Waals surface area (Å²) in [4.78, 5) is 40.0. The SMILES string of the molecule is CC12c3ccccc3C(c3ccccc31)[C@H]1C(=O)N(c3ccc(Br)cc3[N+](=O)[O-])C(=O)[C@H]12. The lowest BCUT2D eigenvalue weighted by molar-refractivity contribution is -0.384. The van der Waals surface area contributed by atoms with Crippen molar-refractivity contribution in [1.82, 2.24) is 0 Å². The van der Waals surface area contributed by atoms with Crippen LogP contribution in [0.2, 0.25) is 0 Å². The van der Waals surface area contributed by atoms with E-state index in [1.165, 1.54) is 12.1 Å². The van der Waals surface area contributed by atoms with E-state index in [0.29, 0.717) is 4.47 Å². The molecule has 2 amide bonds. The molecule has 6 nitrogen and oxygen atoms in total. The minimum absolute atomic E-state index is 0.0266. The fourth-order valence-electron chi connectivity index (χ4n) is 6.22. The Hall–Kier alpha value is -3.32. The Bertz CT molecular complexity index is 1320. The molecule has 3 aromatic rings. The molecule has 7 heteroatoms. The number of amides is 2. The van der Waals surface area contributed by atoms with Gasteiger partial charge in [0, 0.05) is 21.9 Å². The van der Waals surface area contributed by atoms with E-state index in [0.717, 1.165) is 27.2 Å². The van der Waals surface area contributed by atoms with Gasteiger partial charge in [0.1, 0.15) is 5.69 Å². The highest BCUT2D eigenvalue weighted by atomic mass is 79.9. The normalized spacial score (nSPS) is 27.2. The van der Waals surface area contributed by atoms with Gasteiger partial charge in [-0.05, 0) is 34.4 Å². The Morgan fingerprint density at radius 1 is 0.938 bits per heavy atom. The molecule has 0 saturated carbocycles. The fourth-order valence-corrected chi connectivity index (χ4v) is 6.57. The van der Waals surface area contributed by atoms with Gasteiger partial charge in [0.15, 0.2) is 0 Å². The van der Waals surface area contributed by atoms with Crippen LogP contribution in [-0.4, -0.2) is 16.7 Å². The molecule has 7 rings (SSSR count). The maximum atomic E-state index is 13.9. The van der Waals surface area contributed by atoms with E-state index in [9.17, 15) is 19.7 Å². The third-order valence-corrected chi connectivity index (χ3v) is 7.91. The van der Waals surface area contributed by atoms with Crippen LogP contribution in [0.25, 0.3) is 0 Å². The molecular formula is C25H17BrN2O4. The van der Waals surface area contributed by atoms with Crippen LogP contribution in [-0.2, 0) is 15.0 Å². The number of halogens is 1. The van der Waals surface area contributed by atoms with E-state index in [1.807, 2.05) is 55.5 Å². The number of nitro benzene ring substituents is 1. The molecule has 158 valence electrons. The smallest absolute Gasteiger partial charge is 0.274 e. The topological polar surface area (TPSA) is 80.5 Å². The van der Waals surface area contributed by atoms with Crippen LogP contribution in [0.15, 0.2) is 71.2 Å². The van der Waals surface area contributed by atoms with Gasteiger partial charge >= 0.3 is 0 Å². The summed E-state index contributed by atoms with van der Waals surface area (Å²) >= 11 is 3.25. The van der Waals surface area contributed by atoms with Gasteiger partial charge in [-0.25, -0.2) is 4.90 Å². The molecule has 1 heterocycles. The highest BCUT2D eigenvalue weighted by molar-refractivity contribution is 9.10. The second-order valence-electron chi connectivity index (χ2n) is 8.76. The lowest BCUT2D eigenvalue weighted by Gasteiger charge is -2.52. The molecule has 1 saturated heterocycles. The van der Waals surface area contributed by atoms with E-state index < -0.39 is 22.2 Å². The van der Waals surface area contributed by atoms with Gasteiger partial charge in [0.25, 0.3) is 5.69 Å². The largest absolute Gasteiger partial charge is 0.294 e. The van der Waals surface area contributed by atoms with Crippen LogP contribution in [0.5, 0.6) is 0 Å². The molecule has 0 spiro atoms. The molecule has 1 aliphatic heterocycles. The number of carbonyl (C=O) groups excluding carboxylic acids is 2. The molecule has 0 unspecified atom stereocenters. The average molecular weight is 489 g/mol. The zero-order chi connectivity index (χ0) is 22.4. The van der Waals surface area contributed by atoms with E-state index in [-0.39, 0.29) is 29.1 Å². The van der Waals surface area contributed by atoms with Gasteiger partial charge in [-0.3, -0.25) is 19.7 Å². The van der Waals surface area contributed by atoms with Crippen LogP contribution in [0.4, 0.5) is 11.4 Å². The minimum Gasteiger partial charge on any atom is -0.274 e. The summed E-state index contributed by atoms with van der Waals surface area (Å²) in [5, 5.41) is 11.8. The number of nitro groups is 1. The number of carbonyl (C=O) groups is 2. The number of hydrogen-bond donors (Lipinski definition) is 0. The highest BCUT2D eigenvalue weighted by Crippen LogP contribution is 2.64. The molecule has 2 bridgehead atoms. The number of nitrogens with zero attached hydrogens (tertiary/aromatic N) is 2. The van der Waals surface area contributed by atoms with Crippen LogP contribution in [0.1, 0.15) is 35.1 Å². The van der Waals surface area contributed by atoms with Crippen molar-refractivity contribution in [1.29, 1.82) is 0 Å². The summed E-state index contributed by atoms with van der Waals surface area (Å²) in [7, 11) is 0. The molecule has 0 radical (unpaired) electrons. The van der Waals surface area contributed by atoms with Gasteiger partial charge < -0.3 is 0 Å². The first kappa shape index (κ1) is 19.4.